The Hall–Kier alpha value is -1.58. The van der Waals surface area contributed by atoms with Crippen molar-refractivity contribution in [1.82, 2.24) is 9.47 Å². The number of carbonyl (C=O) groups is 2. The quantitative estimate of drug-likeness (QED) is 0.797. The molecule has 18 heavy (non-hydrogen) atoms. The van der Waals surface area contributed by atoms with Gasteiger partial charge in [0.1, 0.15) is 0 Å². The van der Waals surface area contributed by atoms with E-state index in [1.807, 2.05) is 27.8 Å². The van der Waals surface area contributed by atoms with Crippen molar-refractivity contribution in [3.8, 4) is 0 Å². The van der Waals surface area contributed by atoms with E-state index in [1.54, 1.807) is 0 Å². The molecule has 1 aromatic rings. The Kier molecular flexibility index (Phi) is 2.94. The van der Waals surface area contributed by atoms with Crippen LogP contribution >= 0.6 is 0 Å². The minimum Gasteiger partial charge on any atom is -0.344 e. The van der Waals surface area contributed by atoms with Gasteiger partial charge < -0.3 is 9.47 Å². The fourth-order valence-corrected chi connectivity index (χ4v) is 2.97. The first-order valence-electron chi connectivity index (χ1n) is 6.73. The molecule has 0 radical (unpaired) electrons. The van der Waals surface area contributed by atoms with Crippen molar-refractivity contribution in [3.05, 3.63) is 24.0 Å². The predicted octanol–water partition coefficient (Wildman–Crippen LogP) is 1.70. The summed E-state index contributed by atoms with van der Waals surface area (Å²) in [4.78, 5) is 26.1. The summed E-state index contributed by atoms with van der Waals surface area (Å²) in [6.45, 7) is 2.40. The van der Waals surface area contributed by atoms with Crippen molar-refractivity contribution in [3.63, 3.8) is 0 Å². The standard InChI is InChI=1S/C14H18N2O2/c17-13(15-6-2-1-3-7-15)9-11-10-16-8-4-5-12(16)14(11)18/h4-5,8,11H,1-3,6-7,9-10H2/t11-/m0/s1. The first-order valence-corrected chi connectivity index (χ1v) is 6.73. The lowest BCUT2D eigenvalue weighted by atomic mass is 9.99. The van der Waals surface area contributed by atoms with Crippen LogP contribution in [0.25, 0.3) is 0 Å². The van der Waals surface area contributed by atoms with Gasteiger partial charge in [0.2, 0.25) is 5.91 Å². The molecule has 0 aliphatic carbocycles. The van der Waals surface area contributed by atoms with E-state index >= 15 is 0 Å². The number of nitrogens with zero attached hydrogens (tertiary/aromatic N) is 2. The van der Waals surface area contributed by atoms with E-state index in [0.717, 1.165) is 31.6 Å². The van der Waals surface area contributed by atoms with Gasteiger partial charge >= 0.3 is 0 Å². The number of ketones is 1. The van der Waals surface area contributed by atoms with Crippen molar-refractivity contribution in [2.75, 3.05) is 13.1 Å². The number of aromatic nitrogens is 1. The number of carbonyl (C=O) groups excluding carboxylic acids is 2. The lowest BCUT2D eigenvalue weighted by Gasteiger charge is -2.27. The molecule has 2 aliphatic rings. The number of piperidine rings is 1. The second kappa shape index (κ2) is 4.59. The van der Waals surface area contributed by atoms with Gasteiger partial charge in [0.05, 0.1) is 11.6 Å². The molecule has 1 aromatic heterocycles. The molecule has 0 N–H and O–H groups in total. The van der Waals surface area contributed by atoms with Gasteiger partial charge in [0.25, 0.3) is 0 Å². The first kappa shape index (κ1) is 11.5. The van der Waals surface area contributed by atoms with Crippen LogP contribution in [0.4, 0.5) is 0 Å². The van der Waals surface area contributed by atoms with Gasteiger partial charge in [-0.2, -0.15) is 0 Å². The SMILES string of the molecule is O=C1c2cccn2C[C@@H]1CC(=O)N1CCCCC1. The Balaban J connectivity index is 1.62. The largest absolute Gasteiger partial charge is 0.344 e. The third-order valence-electron chi connectivity index (χ3n) is 4.00. The number of rotatable bonds is 2. The highest BCUT2D eigenvalue weighted by Crippen LogP contribution is 2.24. The molecule has 96 valence electrons. The summed E-state index contributed by atoms with van der Waals surface area (Å²) >= 11 is 0. The number of Topliss-reactive ketones (excluding diaryl/α,β-unsaturated/α-hetero) is 1. The normalized spacial score (nSPS) is 23.2. The first-order chi connectivity index (χ1) is 8.75. The summed E-state index contributed by atoms with van der Waals surface area (Å²) in [6.07, 6.45) is 5.71. The molecule has 4 heteroatoms. The van der Waals surface area contributed by atoms with Crippen LogP contribution in [0.5, 0.6) is 0 Å². The minimum absolute atomic E-state index is 0.130. The van der Waals surface area contributed by atoms with E-state index in [2.05, 4.69) is 0 Å². The molecule has 0 spiro atoms. The zero-order valence-electron chi connectivity index (χ0n) is 10.5. The van der Waals surface area contributed by atoms with E-state index in [9.17, 15) is 9.59 Å². The zero-order chi connectivity index (χ0) is 12.5. The average molecular weight is 246 g/mol. The van der Waals surface area contributed by atoms with Crippen LogP contribution in [0.2, 0.25) is 0 Å². The molecule has 1 fully saturated rings. The molecule has 3 heterocycles. The van der Waals surface area contributed by atoms with E-state index in [0.29, 0.717) is 13.0 Å². The van der Waals surface area contributed by atoms with Gasteiger partial charge in [-0.3, -0.25) is 9.59 Å². The van der Waals surface area contributed by atoms with Crippen LogP contribution in [0.15, 0.2) is 18.3 Å². The molecular formula is C14H18N2O2. The van der Waals surface area contributed by atoms with Crippen molar-refractivity contribution in [1.29, 1.82) is 0 Å². The molecular weight excluding hydrogens is 228 g/mol. The van der Waals surface area contributed by atoms with E-state index in [1.165, 1.54) is 6.42 Å². The summed E-state index contributed by atoms with van der Waals surface area (Å²) in [6, 6.07) is 3.73. The molecule has 1 amide bonds. The molecule has 4 nitrogen and oxygen atoms in total. The zero-order valence-corrected chi connectivity index (χ0v) is 10.5. The topological polar surface area (TPSA) is 42.3 Å². The molecule has 0 unspecified atom stereocenters. The summed E-state index contributed by atoms with van der Waals surface area (Å²) in [5.74, 6) is 0.139. The Morgan fingerprint density at radius 2 is 2.06 bits per heavy atom. The molecule has 0 aromatic carbocycles. The van der Waals surface area contributed by atoms with Crippen molar-refractivity contribution >= 4 is 11.7 Å². The number of fused-ring (bicyclic) bond motifs is 1. The maximum Gasteiger partial charge on any atom is 0.223 e. The van der Waals surface area contributed by atoms with Gasteiger partial charge in [0, 0.05) is 32.3 Å². The molecule has 1 atom stereocenters. The van der Waals surface area contributed by atoms with Crippen molar-refractivity contribution in [2.24, 2.45) is 5.92 Å². The number of likely N-dealkylation sites (tertiary alicyclic amines) is 1. The number of hydrogen-bond acceptors (Lipinski definition) is 2. The van der Waals surface area contributed by atoms with Gasteiger partial charge in [0.15, 0.2) is 5.78 Å². The van der Waals surface area contributed by atoms with Crippen LogP contribution in [0, 0.1) is 5.92 Å². The second-order valence-electron chi connectivity index (χ2n) is 5.25. The Bertz CT molecular complexity index is 472. The van der Waals surface area contributed by atoms with Gasteiger partial charge in [-0.25, -0.2) is 0 Å². The molecule has 2 aliphatic heterocycles. The Morgan fingerprint density at radius 3 is 2.78 bits per heavy atom. The third kappa shape index (κ3) is 1.96. The van der Waals surface area contributed by atoms with Gasteiger partial charge in [-0.1, -0.05) is 0 Å². The van der Waals surface area contributed by atoms with Gasteiger partial charge in [-0.15, -0.1) is 0 Å². The van der Waals surface area contributed by atoms with Crippen LogP contribution in [0.3, 0.4) is 0 Å². The van der Waals surface area contributed by atoms with E-state index in [4.69, 9.17) is 0 Å². The minimum atomic E-state index is -0.143. The van der Waals surface area contributed by atoms with Crippen LogP contribution in [-0.2, 0) is 11.3 Å². The molecule has 1 saturated heterocycles. The van der Waals surface area contributed by atoms with Crippen molar-refractivity contribution in [2.45, 2.75) is 32.2 Å². The second-order valence-corrected chi connectivity index (χ2v) is 5.25. The lowest BCUT2D eigenvalue weighted by Crippen LogP contribution is -2.37. The van der Waals surface area contributed by atoms with Crippen LogP contribution in [-0.4, -0.2) is 34.2 Å². The lowest BCUT2D eigenvalue weighted by molar-refractivity contribution is -0.132. The number of amides is 1. The molecule has 0 saturated carbocycles. The fraction of sp³-hybridized carbons (Fsp3) is 0.571. The van der Waals surface area contributed by atoms with Crippen molar-refractivity contribution < 1.29 is 9.59 Å². The fourth-order valence-electron chi connectivity index (χ4n) is 2.97. The van der Waals surface area contributed by atoms with E-state index < -0.39 is 0 Å². The third-order valence-corrected chi connectivity index (χ3v) is 4.00. The van der Waals surface area contributed by atoms with Crippen LogP contribution < -0.4 is 0 Å². The predicted molar refractivity (Wildman–Crippen MR) is 67.3 cm³/mol. The smallest absolute Gasteiger partial charge is 0.223 e. The van der Waals surface area contributed by atoms with E-state index in [-0.39, 0.29) is 17.6 Å². The maximum absolute atomic E-state index is 12.1. The Morgan fingerprint density at radius 1 is 1.28 bits per heavy atom. The summed E-state index contributed by atoms with van der Waals surface area (Å²) < 4.78 is 1.95. The average Bonchev–Trinajstić information content (AvgIpc) is 2.95. The highest BCUT2D eigenvalue weighted by atomic mass is 16.2. The summed E-state index contributed by atoms with van der Waals surface area (Å²) in [5.41, 5.74) is 0.756. The Labute approximate surface area is 107 Å². The maximum atomic E-state index is 12.1. The molecule has 3 rings (SSSR count). The highest BCUT2D eigenvalue weighted by molar-refractivity contribution is 6.00. The molecule has 0 bridgehead atoms. The summed E-state index contributed by atoms with van der Waals surface area (Å²) in [5, 5.41) is 0. The van der Waals surface area contributed by atoms with Crippen LogP contribution in [0.1, 0.15) is 36.2 Å². The number of hydrogen-bond donors (Lipinski definition) is 0. The summed E-state index contributed by atoms with van der Waals surface area (Å²) in [7, 11) is 0. The highest BCUT2D eigenvalue weighted by Gasteiger charge is 2.33. The monoisotopic (exact) mass is 246 g/mol. The van der Waals surface area contributed by atoms with Gasteiger partial charge in [-0.05, 0) is 31.4 Å².